The summed E-state index contributed by atoms with van der Waals surface area (Å²) in [7, 11) is 0. The van der Waals surface area contributed by atoms with E-state index in [0.717, 1.165) is 16.7 Å². The van der Waals surface area contributed by atoms with Gasteiger partial charge in [-0.05, 0) is 53.4 Å². The standard InChI is InChI=1S/C17H14ClF2N5/c1-9-2-3-12(19)6-11(9)8-25-5-4-10-7-13(18)15(20)14(16(10)25)17-21-23-24-22-17/h2-3,6-7H,4-5,8H2,1H3,(H,21,22,23,24). The quantitative estimate of drug-likeness (QED) is 0.773. The highest BCUT2D eigenvalue weighted by atomic mass is 35.5. The molecule has 2 aromatic carbocycles. The molecule has 5 nitrogen and oxygen atoms in total. The number of aromatic amines is 1. The molecule has 1 aromatic heterocycles. The van der Waals surface area contributed by atoms with Crippen LogP contribution in [0.15, 0.2) is 24.3 Å². The van der Waals surface area contributed by atoms with E-state index in [0.29, 0.717) is 25.2 Å². The van der Waals surface area contributed by atoms with Crippen LogP contribution in [0.4, 0.5) is 14.5 Å². The van der Waals surface area contributed by atoms with Crippen LogP contribution in [0.1, 0.15) is 16.7 Å². The second kappa shape index (κ2) is 6.07. The van der Waals surface area contributed by atoms with Crippen LogP contribution in [0.5, 0.6) is 0 Å². The molecule has 1 aliphatic heterocycles. The summed E-state index contributed by atoms with van der Waals surface area (Å²) >= 11 is 6.04. The van der Waals surface area contributed by atoms with Crippen molar-refractivity contribution in [3.63, 3.8) is 0 Å². The molecular formula is C17H14ClF2N5. The van der Waals surface area contributed by atoms with E-state index in [4.69, 9.17) is 11.6 Å². The number of hydrogen-bond donors (Lipinski definition) is 1. The second-order valence-electron chi connectivity index (χ2n) is 6.03. The van der Waals surface area contributed by atoms with E-state index in [2.05, 4.69) is 20.6 Å². The third kappa shape index (κ3) is 2.74. The summed E-state index contributed by atoms with van der Waals surface area (Å²) in [5, 5.41) is 13.7. The van der Waals surface area contributed by atoms with Gasteiger partial charge in [-0.25, -0.2) is 8.78 Å². The molecule has 0 unspecified atom stereocenters. The van der Waals surface area contributed by atoms with Gasteiger partial charge in [-0.3, -0.25) is 0 Å². The van der Waals surface area contributed by atoms with Crippen LogP contribution in [0.25, 0.3) is 11.4 Å². The highest BCUT2D eigenvalue weighted by Gasteiger charge is 2.29. The summed E-state index contributed by atoms with van der Waals surface area (Å²) in [6, 6.07) is 6.31. The summed E-state index contributed by atoms with van der Waals surface area (Å²) in [5.41, 5.74) is 3.66. The van der Waals surface area contributed by atoms with Crippen LogP contribution in [0, 0.1) is 18.6 Å². The summed E-state index contributed by atoms with van der Waals surface area (Å²) in [4.78, 5) is 2.00. The molecule has 0 aliphatic carbocycles. The van der Waals surface area contributed by atoms with E-state index in [1.165, 1.54) is 12.1 Å². The summed E-state index contributed by atoms with van der Waals surface area (Å²) in [6.45, 7) is 3.06. The lowest BCUT2D eigenvalue weighted by atomic mass is 10.0. The SMILES string of the molecule is Cc1ccc(F)cc1CN1CCc2cc(Cl)c(F)c(-c3nn[nH]n3)c21. The number of aryl methyl sites for hydroxylation is 1. The Hall–Kier alpha value is -2.54. The summed E-state index contributed by atoms with van der Waals surface area (Å²) < 4.78 is 28.3. The van der Waals surface area contributed by atoms with E-state index in [1.54, 1.807) is 12.1 Å². The summed E-state index contributed by atoms with van der Waals surface area (Å²) in [6.07, 6.45) is 0.717. The normalized spacial score (nSPS) is 13.4. The van der Waals surface area contributed by atoms with Gasteiger partial charge in [-0.15, -0.1) is 10.2 Å². The molecular weight excluding hydrogens is 348 g/mol. The van der Waals surface area contributed by atoms with Crippen LogP contribution in [-0.4, -0.2) is 27.2 Å². The van der Waals surface area contributed by atoms with Gasteiger partial charge < -0.3 is 4.90 Å². The molecule has 25 heavy (non-hydrogen) atoms. The lowest BCUT2D eigenvalue weighted by Crippen LogP contribution is -2.21. The highest BCUT2D eigenvalue weighted by molar-refractivity contribution is 6.31. The fourth-order valence-electron chi connectivity index (χ4n) is 3.23. The van der Waals surface area contributed by atoms with E-state index in [1.807, 2.05) is 11.8 Å². The van der Waals surface area contributed by atoms with Gasteiger partial charge in [0.15, 0.2) is 5.82 Å². The number of fused-ring (bicyclic) bond motifs is 1. The Bertz CT molecular complexity index is 943. The fourth-order valence-corrected chi connectivity index (χ4v) is 3.46. The van der Waals surface area contributed by atoms with Gasteiger partial charge in [0.2, 0.25) is 5.82 Å². The summed E-state index contributed by atoms with van der Waals surface area (Å²) in [5.74, 6) is -0.718. The van der Waals surface area contributed by atoms with Gasteiger partial charge >= 0.3 is 0 Å². The molecule has 0 saturated heterocycles. The van der Waals surface area contributed by atoms with Crippen molar-refractivity contribution in [2.75, 3.05) is 11.4 Å². The minimum absolute atomic E-state index is 0.0299. The first-order chi connectivity index (χ1) is 12.0. The van der Waals surface area contributed by atoms with Crippen LogP contribution >= 0.6 is 11.6 Å². The van der Waals surface area contributed by atoms with E-state index >= 15 is 0 Å². The smallest absolute Gasteiger partial charge is 0.209 e. The first-order valence-corrected chi connectivity index (χ1v) is 8.17. The monoisotopic (exact) mass is 361 g/mol. The molecule has 0 saturated carbocycles. The van der Waals surface area contributed by atoms with E-state index in [-0.39, 0.29) is 22.2 Å². The molecule has 1 N–H and O–H groups in total. The number of anilines is 1. The second-order valence-corrected chi connectivity index (χ2v) is 6.44. The van der Waals surface area contributed by atoms with Gasteiger partial charge in [0.1, 0.15) is 5.82 Å². The Kier molecular flexibility index (Phi) is 3.88. The Morgan fingerprint density at radius 2 is 2.12 bits per heavy atom. The average Bonchev–Trinajstić information content (AvgIpc) is 3.23. The van der Waals surface area contributed by atoms with Crippen molar-refractivity contribution in [1.82, 2.24) is 20.6 Å². The number of tetrazole rings is 1. The minimum Gasteiger partial charge on any atom is -0.366 e. The Morgan fingerprint density at radius 3 is 2.88 bits per heavy atom. The number of rotatable bonds is 3. The number of benzene rings is 2. The molecule has 8 heteroatoms. The molecule has 1 aliphatic rings. The lowest BCUT2D eigenvalue weighted by molar-refractivity contribution is 0.623. The number of halogens is 3. The number of H-pyrrole nitrogens is 1. The zero-order chi connectivity index (χ0) is 17.6. The van der Waals surface area contributed by atoms with Crippen LogP contribution in [0.3, 0.4) is 0 Å². The molecule has 3 aromatic rings. The number of nitrogens with one attached hydrogen (secondary N) is 1. The number of hydrogen-bond acceptors (Lipinski definition) is 4. The largest absolute Gasteiger partial charge is 0.366 e. The van der Waals surface area contributed by atoms with Crippen LogP contribution < -0.4 is 4.90 Å². The predicted octanol–water partition coefficient (Wildman–Crippen LogP) is 3.67. The van der Waals surface area contributed by atoms with Gasteiger partial charge in [0.25, 0.3) is 0 Å². The van der Waals surface area contributed by atoms with Crippen molar-refractivity contribution in [2.24, 2.45) is 0 Å². The van der Waals surface area contributed by atoms with Crippen molar-refractivity contribution >= 4 is 17.3 Å². The van der Waals surface area contributed by atoms with Gasteiger partial charge in [-0.1, -0.05) is 17.7 Å². The zero-order valence-corrected chi connectivity index (χ0v) is 14.1. The van der Waals surface area contributed by atoms with Crippen molar-refractivity contribution in [3.8, 4) is 11.4 Å². The van der Waals surface area contributed by atoms with Gasteiger partial charge in [-0.2, -0.15) is 5.21 Å². The van der Waals surface area contributed by atoms with Gasteiger partial charge in [0, 0.05) is 13.1 Å². The van der Waals surface area contributed by atoms with E-state index in [9.17, 15) is 8.78 Å². The minimum atomic E-state index is -0.579. The topological polar surface area (TPSA) is 57.7 Å². The first kappa shape index (κ1) is 16.0. The molecule has 0 spiro atoms. The molecule has 128 valence electrons. The van der Waals surface area contributed by atoms with Crippen molar-refractivity contribution in [3.05, 3.63) is 57.6 Å². The Morgan fingerprint density at radius 1 is 1.28 bits per heavy atom. The van der Waals surface area contributed by atoms with E-state index < -0.39 is 5.82 Å². The lowest BCUT2D eigenvalue weighted by Gasteiger charge is -2.23. The van der Waals surface area contributed by atoms with Crippen molar-refractivity contribution in [1.29, 1.82) is 0 Å². The highest BCUT2D eigenvalue weighted by Crippen LogP contribution is 2.42. The molecule has 4 rings (SSSR count). The molecule has 2 heterocycles. The molecule has 0 radical (unpaired) electrons. The maximum Gasteiger partial charge on any atom is 0.209 e. The van der Waals surface area contributed by atoms with Crippen molar-refractivity contribution in [2.45, 2.75) is 19.9 Å². The van der Waals surface area contributed by atoms with Gasteiger partial charge in [0.05, 0.1) is 16.3 Å². The Labute approximate surface area is 147 Å². The number of aromatic nitrogens is 4. The van der Waals surface area contributed by atoms with Crippen molar-refractivity contribution < 1.29 is 8.78 Å². The molecule has 0 atom stereocenters. The fraction of sp³-hybridized carbons (Fsp3) is 0.235. The maximum atomic E-state index is 14.7. The maximum absolute atomic E-state index is 14.7. The first-order valence-electron chi connectivity index (χ1n) is 7.79. The molecule has 0 fully saturated rings. The molecule has 0 amide bonds. The van der Waals surface area contributed by atoms with Crippen LogP contribution in [-0.2, 0) is 13.0 Å². The Balaban J connectivity index is 1.82. The third-order valence-corrected chi connectivity index (χ3v) is 4.75. The number of nitrogens with zero attached hydrogens (tertiary/aromatic N) is 4. The zero-order valence-electron chi connectivity index (χ0n) is 13.4. The third-order valence-electron chi connectivity index (χ3n) is 4.48. The predicted molar refractivity (Wildman–Crippen MR) is 90.5 cm³/mol. The average molecular weight is 362 g/mol. The molecule has 0 bridgehead atoms. The van der Waals surface area contributed by atoms with Crippen LogP contribution in [0.2, 0.25) is 5.02 Å².